The first-order valence-corrected chi connectivity index (χ1v) is 4.41. The molecule has 74 valence electrons. The molecule has 0 saturated carbocycles. The summed E-state index contributed by atoms with van der Waals surface area (Å²) in [5, 5.41) is 8.94. The van der Waals surface area contributed by atoms with E-state index in [0.29, 0.717) is 0 Å². The number of rotatable bonds is 5. The summed E-state index contributed by atoms with van der Waals surface area (Å²) in [7, 11) is 0. The van der Waals surface area contributed by atoms with E-state index in [1.54, 1.807) is 6.08 Å². The number of hydrogen-bond acceptors (Lipinski definition) is 3. The number of aliphatic hydroxyl groups is 1. The van der Waals surface area contributed by atoms with Gasteiger partial charge in [-0.1, -0.05) is 31.9 Å². The molecular formula is C10H16O3. The predicted octanol–water partition coefficient (Wildman–Crippen LogP) is 2.70. The molecule has 13 heavy (non-hydrogen) atoms. The molecule has 0 aliphatic carbocycles. The fraction of sp³-hybridized carbons (Fsp3) is 0.500. The lowest BCUT2D eigenvalue weighted by Crippen LogP contribution is -1.96. The van der Waals surface area contributed by atoms with Crippen molar-refractivity contribution in [1.82, 2.24) is 0 Å². The van der Waals surface area contributed by atoms with Crippen molar-refractivity contribution in [3.63, 3.8) is 0 Å². The molecule has 0 aromatic heterocycles. The van der Waals surface area contributed by atoms with Gasteiger partial charge in [0.2, 0.25) is 0 Å². The number of carbonyl (C=O) groups excluding carboxylic acids is 1. The molecule has 1 N–H and O–H groups in total. The number of allylic oxidation sites excluding steroid dienone is 3. The first-order valence-electron chi connectivity index (χ1n) is 4.41. The number of hydrogen-bond donors (Lipinski definition) is 1. The van der Waals surface area contributed by atoms with Crippen molar-refractivity contribution in [2.24, 2.45) is 0 Å². The lowest BCUT2D eigenvalue weighted by Gasteiger charge is -1.95. The summed E-state index contributed by atoms with van der Waals surface area (Å²) in [6.07, 6.45) is 8.19. The van der Waals surface area contributed by atoms with E-state index in [9.17, 15) is 4.79 Å². The molecule has 0 aliphatic heterocycles. The zero-order valence-corrected chi connectivity index (χ0v) is 8.12. The lowest BCUT2D eigenvalue weighted by molar-refractivity contribution is -0.140. The Morgan fingerprint density at radius 3 is 2.77 bits per heavy atom. The van der Waals surface area contributed by atoms with Gasteiger partial charge in [-0.3, -0.25) is 4.79 Å². The van der Waals surface area contributed by atoms with Gasteiger partial charge in [0.1, 0.15) is 0 Å². The van der Waals surface area contributed by atoms with E-state index in [0.717, 1.165) is 19.3 Å². The molecule has 0 aromatic rings. The smallest absolute Gasteiger partial charge is 0.310 e. The van der Waals surface area contributed by atoms with Crippen LogP contribution in [-0.2, 0) is 9.53 Å². The Balaban J connectivity index is 3.68. The number of ether oxygens (including phenoxy) is 1. The third-order valence-corrected chi connectivity index (χ3v) is 1.35. The van der Waals surface area contributed by atoms with Crippen LogP contribution in [0.3, 0.4) is 0 Å². The van der Waals surface area contributed by atoms with Gasteiger partial charge in [-0.25, -0.2) is 0 Å². The van der Waals surface area contributed by atoms with Gasteiger partial charge in [0.15, 0.2) is 0 Å². The average Bonchev–Trinajstić information content (AvgIpc) is 2.02. The minimum atomic E-state index is -0.518. The molecule has 0 saturated heterocycles. The average molecular weight is 184 g/mol. The second-order valence-corrected chi connectivity index (χ2v) is 2.67. The zero-order chi connectivity index (χ0) is 10.1. The Kier molecular flexibility index (Phi) is 6.69. The van der Waals surface area contributed by atoms with Crippen LogP contribution in [0.15, 0.2) is 24.2 Å². The fourth-order valence-corrected chi connectivity index (χ4v) is 0.750. The summed E-state index contributed by atoms with van der Waals surface area (Å²) in [6.45, 7) is 3.35. The van der Waals surface area contributed by atoms with Crippen molar-refractivity contribution in [1.29, 1.82) is 0 Å². The van der Waals surface area contributed by atoms with Crippen molar-refractivity contribution in [3.05, 3.63) is 24.2 Å². The Bertz CT molecular complexity index is 204. The van der Waals surface area contributed by atoms with Crippen LogP contribution in [0, 0.1) is 0 Å². The summed E-state index contributed by atoms with van der Waals surface area (Å²) in [4.78, 5) is 10.3. The van der Waals surface area contributed by atoms with Crippen LogP contribution in [0.5, 0.6) is 0 Å². The zero-order valence-electron chi connectivity index (χ0n) is 8.12. The molecule has 3 nitrogen and oxygen atoms in total. The second-order valence-electron chi connectivity index (χ2n) is 2.67. The van der Waals surface area contributed by atoms with Crippen molar-refractivity contribution in [3.8, 4) is 0 Å². The summed E-state index contributed by atoms with van der Waals surface area (Å²) in [5.74, 6) is -0.879. The molecule has 0 fully saturated rings. The Morgan fingerprint density at radius 2 is 2.23 bits per heavy atom. The molecule has 0 unspecified atom stereocenters. The molecule has 0 heterocycles. The van der Waals surface area contributed by atoms with E-state index in [1.807, 2.05) is 6.08 Å². The van der Waals surface area contributed by atoms with Gasteiger partial charge in [-0.2, -0.15) is 0 Å². The summed E-state index contributed by atoms with van der Waals surface area (Å²) < 4.78 is 4.38. The highest BCUT2D eigenvalue weighted by Crippen LogP contribution is 1.97. The normalized spacial score (nSPS) is 12.0. The van der Waals surface area contributed by atoms with Crippen molar-refractivity contribution in [2.45, 2.75) is 33.1 Å². The summed E-state index contributed by atoms with van der Waals surface area (Å²) in [6, 6.07) is 0. The topological polar surface area (TPSA) is 46.5 Å². The van der Waals surface area contributed by atoms with Gasteiger partial charge in [-0.15, -0.1) is 0 Å². The quantitative estimate of drug-likeness (QED) is 0.309. The largest absolute Gasteiger partial charge is 0.481 e. The molecule has 0 aromatic carbocycles. The van der Waals surface area contributed by atoms with Gasteiger partial charge < -0.3 is 9.84 Å². The highest BCUT2D eigenvalue weighted by atomic mass is 16.6. The molecule has 0 aliphatic rings. The van der Waals surface area contributed by atoms with E-state index in [4.69, 9.17) is 5.11 Å². The highest BCUT2D eigenvalue weighted by molar-refractivity contribution is 5.66. The van der Waals surface area contributed by atoms with Crippen LogP contribution >= 0.6 is 0 Å². The molecular weight excluding hydrogens is 168 g/mol. The maximum absolute atomic E-state index is 10.3. The second kappa shape index (κ2) is 7.40. The highest BCUT2D eigenvalue weighted by Gasteiger charge is 1.94. The van der Waals surface area contributed by atoms with Gasteiger partial charge in [0.25, 0.3) is 5.95 Å². The van der Waals surface area contributed by atoms with E-state index < -0.39 is 5.97 Å². The third kappa shape index (κ3) is 8.66. The van der Waals surface area contributed by atoms with E-state index in [-0.39, 0.29) is 5.95 Å². The molecule has 3 heteroatoms. The number of carbonyl (C=O) groups is 1. The lowest BCUT2D eigenvalue weighted by atomic mass is 10.2. The number of aliphatic hydroxyl groups excluding tert-OH is 1. The maximum atomic E-state index is 10.3. The third-order valence-electron chi connectivity index (χ3n) is 1.35. The Labute approximate surface area is 78.7 Å². The molecule has 0 amide bonds. The molecule has 0 radical (unpaired) electrons. The fourth-order valence-electron chi connectivity index (χ4n) is 0.750. The minimum absolute atomic E-state index is 0.361. The van der Waals surface area contributed by atoms with Crippen molar-refractivity contribution < 1.29 is 14.6 Å². The van der Waals surface area contributed by atoms with Gasteiger partial charge in [0.05, 0.1) is 0 Å². The van der Waals surface area contributed by atoms with Crippen LogP contribution in [0.25, 0.3) is 0 Å². The van der Waals surface area contributed by atoms with E-state index in [2.05, 4.69) is 11.7 Å². The first kappa shape index (κ1) is 11.8. The summed E-state index contributed by atoms with van der Waals surface area (Å²) in [5.41, 5.74) is 0. The van der Waals surface area contributed by atoms with E-state index in [1.165, 1.54) is 13.0 Å². The molecule has 0 bridgehead atoms. The number of unbranched alkanes of at least 4 members (excludes halogenated alkanes) is 2. The maximum Gasteiger partial charge on any atom is 0.310 e. The molecule has 0 spiro atoms. The van der Waals surface area contributed by atoms with Crippen molar-refractivity contribution >= 4 is 5.97 Å². The monoisotopic (exact) mass is 184 g/mol. The van der Waals surface area contributed by atoms with Gasteiger partial charge >= 0.3 is 5.97 Å². The molecule has 0 rings (SSSR count). The van der Waals surface area contributed by atoms with Crippen LogP contribution in [0.4, 0.5) is 0 Å². The van der Waals surface area contributed by atoms with Crippen molar-refractivity contribution in [2.75, 3.05) is 0 Å². The number of esters is 1. The Morgan fingerprint density at radius 1 is 1.54 bits per heavy atom. The SMILES string of the molecule is CCCC/C=C\C=C(\O)OC(C)=O. The van der Waals surface area contributed by atoms with Gasteiger partial charge in [0, 0.05) is 13.0 Å². The summed E-state index contributed by atoms with van der Waals surface area (Å²) >= 11 is 0. The van der Waals surface area contributed by atoms with Crippen LogP contribution in [-0.4, -0.2) is 11.1 Å². The van der Waals surface area contributed by atoms with Gasteiger partial charge in [-0.05, 0) is 6.42 Å². The standard InChI is InChI=1S/C10H16O3/c1-3-4-5-6-7-8-10(12)13-9(2)11/h6-8,12H,3-5H2,1-2H3/b7-6-,10-8-. The first-order chi connectivity index (χ1) is 6.16. The predicted molar refractivity (Wildman–Crippen MR) is 51.1 cm³/mol. The van der Waals surface area contributed by atoms with Crippen LogP contribution in [0.2, 0.25) is 0 Å². The van der Waals surface area contributed by atoms with E-state index >= 15 is 0 Å². The minimum Gasteiger partial charge on any atom is -0.481 e. The van der Waals surface area contributed by atoms with Crippen LogP contribution in [0.1, 0.15) is 33.1 Å². The Hall–Kier alpha value is -1.25. The van der Waals surface area contributed by atoms with Crippen LogP contribution < -0.4 is 0 Å². The molecule has 0 atom stereocenters.